The molecule has 1 saturated heterocycles. The Morgan fingerprint density at radius 2 is 1.40 bits per heavy atom. The van der Waals surface area contributed by atoms with Crippen LogP contribution in [0.1, 0.15) is 0 Å². The standard InChI is InChI=1S/C17H15Cl4N3O/c18-13-3-1-11(9-15(13)20)22-17(25)24-7-5-23(6-8-24)12-2-4-14(19)16(21)10-12/h1-4,9-10H,5-8H2,(H,22,25). The Bertz CT molecular complexity index is 791. The van der Waals surface area contributed by atoms with Crippen LogP contribution in [0.25, 0.3) is 0 Å². The Labute approximate surface area is 166 Å². The molecule has 1 aliphatic rings. The quantitative estimate of drug-likeness (QED) is 0.683. The number of anilines is 2. The molecule has 1 heterocycles. The number of benzene rings is 2. The van der Waals surface area contributed by atoms with E-state index in [-0.39, 0.29) is 6.03 Å². The zero-order chi connectivity index (χ0) is 18.0. The van der Waals surface area contributed by atoms with Crippen molar-refractivity contribution in [1.29, 1.82) is 0 Å². The Balaban J connectivity index is 1.58. The lowest BCUT2D eigenvalue weighted by atomic mass is 10.2. The van der Waals surface area contributed by atoms with Crippen molar-refractivity contribution in [2.24, 2.45) is 0 Å². The molecular formula is C17H15Cl4N3O. The monoisotopic (exact) mass is 417 g/mol. The number of piperazine rings is 1. The van der Waals surface area contributed by atoms with Crippen LogP contribution in [0.5, 0.6) is 0 Å². The molecule has 4 nitrogen and oxygen atoms in total. The van der Waals surface area contributed by atoms with E-state index in [1.54, 1.807) is 29.2 Å². The zero-order valence-corrected chi connectivity index (χ0v) is 16.1. The second kappa shape index (κ2) is 7.92. The maximum absolute atomic E-state index is 12.4. The van der Waals surface area contributed by atoms with Crippen LogP contribution in [-0.4, -0.2) is 37.1 Å². The summed E-state index contributed by atoms with van der Waals surface area (Å²) in [4.78, 5) is 16.3. The highest BCUT2D eigenvalue weighted by Crippen LogP contribution is 2.28. The van der Waals surface area contributed by atoms with Crippen molar-refractivity contribution in [3.8, 4) is 0 Å². The number of hydrogen-bond acceptors (Lipinski definition) is 2. The SMILES string of the molecule is O=C(Nc1ccc(Cl)c(Cl)c1)N1CCN(c2ccc(Cl)c(Cl)c2)CC1. The van der Waals surface area contributed by atoms with E-state index in [2.05, 4.69) is 10.2 Å². The second-order valence-electron chi connectivity index (χ2n) is 5.63. The molecule has 25 heavy (non-hydrogen) atoms. The van der Waals surface area contributed by atoms with Crippen molar-refractivity contribution < 1.29 is 4.79 Å². The van der Waals surface area contributed by atoms with Crippen LogP contribution in [0.2, 0.25) is 20.1 Å². The van der Waals surface area contributed by atoms with Crippen LogP contribution >= 0.6 is 46.4 Å². The molecule has 0 atom stereocenters. The second-order valence-corrected chi connectivity index (χ2v) is 7.26. The Morgan fingerprint density at radius 1 is 0.800 bits per heavy atom. The minimum Gasteiger partial charge on any atom is -0.368 e. The minimum absolute atomic E-state index is 0.160. The highest BCUT2D eigenvalue weighted by atomic mass is 35.5. The first kappa shape index (κ1) is 18.5. The molecule has 0 spiro atoms. The van der Waals surface area contributed by atoms with Gasteiger partial charge in [-0.1, -0.05) is 46.4 Å². The van der Waals surface area contributed by atoms with Crippen molar-refractivity contribution in [1.82, 2.24) is 4.90 Å². The van der Waals surface area contributed by atoms with E-state index in [1.807, 2.05) is 12.1 Å². The number of urea groups is 1. The topological polar surface area (TPSA) is 35.6 Å². The number of rotatable bonds is 2. The first-order valence-corrected chi connectivity index (χ1v) is 9.16. The van der Waals surface area contributed by atoms with Crippen LogP contribution in [0.3, 0.4) is 0 Å². The predicted octanol–water partition coefficient (Wildman–Crippen LogP) is 5.65. The number of carbonyl (C=O) groups is 1. The lowest BCUT2D eigenvalue weighted by Crippen LogP contribution is -2.50. The van der Waals surface area contributed by atoms with Gasteiger partial charge in [-0.05, 0) is 36.4 Å². The molecule has 0 aliphatic carbocycles. The highest BCUT2D eigenvalue weighted by molar-refractivity contribution is 6.42. The van der Waals surface area contributed by atoms with Gasteiger partial charge in [0.2, 0.25) is 0 Å². The Morgan fingerprint density at radius 3 is 2.00 bits per heavy atom. The maximum atomic E-state index is 12.4. The van der Waals surface area contributed by atoms with Crippen molar-refractivity contribution >= 4 is 63.8 Å². The normalized spacial score (nSPS) is 14.6. The lowest BCUT2D eigenvalue weighted by Gasteiger charge is -2.36. The fourth-order valence-electron chi connectivity index (χ4n) is 2.63. The maximum Gasteiger partial charge on any atom is 0.321 e. The van der Waals surface area contributed by atoms with E-state index >= 15 is 0 Å². The Hall–Kier alpha value is -1.33. The van der Waals surface area contributed by atoms with Gasteiger partial charge in [0.05, 0.1) is 20.1 Å². The summed E-state index contributed by atoms with van der Waals surface area (Å²) >= 11 is 23.9. The third kappa shape index (κ3) is 4.45. The molecule has 1 fully saturated rings. The number of carbonyl (C=O) groups excluding carboxylic acids is 1. The van der Waals surface area contributed by atoms with Crippen LogP contribution in [0, 0.1) is 0 Å². The molecule has 1 aliphatic heterocycles. The van der Waals surface area contributed by atoms with Gasteiger partial charge < -0.3 is 15.1 Å². The van der Waals surface area contributed by atoms with E-state index in [1.165, 1.54) is 0 Å². The zero-order valence-electron chi connectivity index (χ0n) is 13.1. The van der Waals surface area contributed by atoms with Gasteiger partial charge in [0, 0.05) is 37.6 Å². The molecule has 0 saturated carbocycles. The van der Waals surface area contributed by atoms with Crippen molar-refractivity contribution in [3.05, 3.63) is 56.5 Å². The summed E-state index contributed by atoms with van der Waals surface area (Å²) in [6.45, 7) is 2.64. The predicted molar refractivity (Wildman–Crippen MR) is 106 cm³/mol. The van der Waals surface area contributed by atoms with Gasteiger partial charge in [-0.15, -0.1) is 0 Å². The molecule has 1 N–H and O–H groups in total. The first-order valence-electron chi connectivity index (χ1n) is 7.65. The lowest BCUT2D eigenvalue weighted by molar-refractivity contribution is 0.208. The highest BCUT2D eigenvalue weighted by Gasteiger charge is 2.22. The largest absolute Gasteiger partial charge is 0.368 e. The molecule has 3 rings (SSSR count). The molecule has 2 amide bonds. The van der Waals surface area contributed by atoms with Crippen LogP contribution < -0.4 is 10.2 Å². The van der Waals surface area contributed by atoms with Crippen LogP contribution in [0.4, 0.5) is 16.2 Å². The van der Waals surface area contributed by atoms with Crippen molar-refractivity contribution in [2.75, 3.05) is 36.4 Å². The van der Waals surface area contributed by atoms with Crippen molar-refractivity contribution in [3.63, 3.8) is 0 Å². The molecule has 8 heteroatoms. The smallest absolute Gasteiger partial charge is 0.321 e. The summed E-state index contributed by atoms with van der Waals surface area (Å²) in [6.07, 6.45) is 0. The summed E-state index contributed by atoms with van der Waals surface area (Å²) in [7, 11) is 0. The molecule has 132 valence electrons. The number of hydrogen-bond donors (Lipinski definition) is 1. The van der Waals surface area contributed by atoms with Crippen LogP contribution in [-0.2, 0) is 0 Å². The third-order valence-corrected chi connectivity index (χ3v) is 5.48. The molecular weight excluding hydrogens is 404 g/mol. The van der Waals surface area contributed by atoms with E-state index in [0.717, 1.165) is 5.69 Å². The summed E-state index contributed by atoms with van der Waals surface area (Å²) in [6, 6.07) is 10.4. The average Bonchev–Trinajstić information content (AvgIpc) is 2.61. The molecule has 0 bridgehead atoms. The van der Waals surface area contributed by atoms with Gasteiger partial charge in [-0.2, -0.15) is 0 Å². The summed E-state index contributed by atoms with van der Waals surface area (Å²) in [5.74, 6) is 0. The number of nitrogens with zero attached hydrogens (tertiary/aromatic N) is 2. The van der Waals surface area contributed by atoms with Gasteiger partial charge in [-0.3, -0.25) is 0 Å². The van der Waals surface area contributed by atoms with Gasteiger partial charge in [0.1, 0.15) is 0 Å². The van der Waals surface area contributed by atoms with E-state index in [9.17, 15) is 4.79 Å². The summed E-state index contributed by atoms with van der Waals surface area (Å²) in [5.41, 5.74) is 1.62. The van der Waals surface area contributed by atoms with Gasteiger partial charge in [-0.25, -0.2) is 4.79 Å². The van der Waals surface area contributed by atoms with E-state index < -0.39 is 0 Å². The van der Waals surface area contributed by atoms with Gasteiger partial charge >= 0.3 is 6.03 Å². The average molecular weight is 419 g/mol. The van der Waals surface area contributed by atoms with Gasteiger partial charge in [0.15, 0.2) is 0 Å². The summed E-state index contributed by atoms with van der Waals surface area (Å²) in [5, 5.41) is 4.76. The molecule has 0 unspecified atom stereocenters. The molecule has 2 aromatic carbocycles. The Kier molecular flexibility index (Phi) is 5.85. The van der Waals surface area contributed by atoms with E-state index in [4.69, 9.17) is 46.4 Å². The van der Waals surface area contributed by atoms with Crippen LogP contribution in [0.15, 0.2) is 36.4 Å². The molecule has 0 aromatic heterocycles. The van der Waals surface area contributed by atoms with Gasteiger partial charge in [0.25, 0.3) is 0 Å². The minimum atomic E-state index is -0.160. The molecule has 2 aromatic rings. The fraction of sp³-hybridized carbons (Fsp3) is 0.235. The number of halogens is 4. The van der Waals surface area contributed by atoms with E-state index in [0.29, 0.717) is 52.0 Å². The summed E-state index contributed by atoms with van der Waals surface area (Å²) < 4.78 is 0. The third-order valence-electron chi connectivity index (χ3n) is 4.01. The van der Waals surface area contributed by atoms with Crippen molar-refractivity contribution in [2.45, 2.75) is 0 Å². The number of nitrogens with one attached hydrogen (secondary N) is 1. The molecule has 0 radical (unpaired) electrons. The first-order chi connectivity index (χ1) is 11.9. The fourth-order valence-corrected chi connectivity index (χ4v) is 3.22. The number of amides is 2.